The number of nitrogens with zero attached hydrogens (tertiary/aromatic N) is 1. The molecule has 17 heavy (non-hydrogen) atoms. The minimum absolute atomic E-state index is 0.0427. The van der Waals surface area contributed by atoms with Crippen molar-refractivity contribution in [2.75, 3.05) is 21.2 Å². The zero-order valence-corrected chi connectivity index (χ0v) is 11.1. The first-order chi connectivity index (χ1) is 7.95. The van der Waals surface area contributed by atoms with Gasteiger partial charge in [0.15, 0.2) is 0 Å². The molecule has 0 saturated heterocycles. The van der Waals surface area contributed by atoms with Gasteiger partial charge in [-0.1, -0.05) is 17.7 Å². The lowest BCUT2D eigenvalue weighted by molar-refractivity contribution is -0.126. The lowest BCUT2D eigenvalue weighted by atomic mass is 9.97. The molecule has 0 spiro atoms. The zero-order valence-electron chi connectivity index (χ0n) is 11.1. The van der Waals surface area contributed by atoms with E-state index >= 15 is 0 Å². The van der Waals surface area contributed by atoms with E-state index in [0.717, 1.165) is 16.9 Å². The molecule has 1 rings (SSSR count). The van der Waals surface area contributed by atoms with Crippen molar-refractivity contribution >= 4 is 5.91 Å². The van der Waals surface area contributed by atoms with Gasteiger partial charge >= 0.3 is 0 Å². The van der Waals surface area contributed by atoms with Gasteiger partial charge in [0.2, 0.25) is 5.91 Å². The summed E-state index contributed by atoms with van der Waals surface area (Å²) in [7, 11) is 5.20. The van der Waals surface area contributed by atoms with E-state index in [9.17, 15) is 4.79 Å². The number of methoxy groups -OCH3 is 1. The molecule has 1 N–H and O–H groups in total. The van der Waals surface area contributed by atoms with E-state index in [2.05, 4.69) is 5.43 Å². The van der Waals surface area contributed by atoms with Crippen LogP contribution in [0, 0.1) is 6.92 Å². The quantitative estimate of drug-likeness (QED) is 0.809. The number of nitrogens with one attached hydrogen (secondary N) is 1. The van der Waals surface area contributed by atoms with Crippen LogP contribution in [0.2, 0.25) is 0 Å². The minimum atomic E-state index is -0.243. The Morgan fingerprint density at radius 2 is 2.06 bits per heavy atom. The number of carbonyl (C=O) groups is 1. The maximum absolute atomic E-state index is 11.9. The van der Waals surface area contributed by atoms with Crippen LogP contribution in [-0.2, 0) is 4.79 Å². The molecule has 0 heterocycles. The van der Waals surface area contributed by atoms with E-state index in [1.165, 1.54) is 0 Å². The fourth-order valence-electron chi connectivity index (χ4n) is 1.65. The van der Waals surface area contributed by atoms with E-state index in [1.54, 1.807) is 26.2 Å². The summed E-state index contributed by atoms with van der Waals surface area (Å²) in [6, 6.07) is 5.85. The van der Waals surface area contributed by atoms with Crippen LogP contribution >= 0.6 is 0 Å². The lowest BCUT2D eigenvalue weighted by Gasteiger charge is -2.19. The van der Waals surface area contributed by atoms with Gasteiger partial charge in [-0.05, 0) is 19.9 Å². The van der Waals surface area contributed by atoms with E-state index in [4.69, 9.17) is 4.74 Å². The van der Waals surface area contributed by atoms with Crippen molar-refractivity contribution in [2.45, 2.75) is 19.8 Å². The summed E-state index contributed by atoms with van der Waals surface area (Å²) < 4.78 is 5.28. The van der Waals surface area contributed by atoms with E-state index in [-0.39, 0.29) is 11.8 Å². The third kappa shape index (κ3) is 3.46. The number of benzene rings is 1. The number of ether oxygens (including phenoxy) is 1. The summed E-state index contributed by atoms with van der Waals surface area (Å²) in [5.41, 5.74) is 4.78. The van der Waals surface area contributed by atoms with E-state index < -0.39 is 0 Å². The number of carbonyl (C=O) groups excluding carboxylic acids is 1. The topological polar surface area (TPSA) is 41.6 Å². The molecule has 0 bridgehead atoms. The Balaban J connectivity index is 2.98. The first kappa shape index (κ1) is 13.5. The third-order valence-corrected chi connectivity index (χ3v) is 2.58. The molecule has 1 aromatic rings. The Labute approximate surface area is 103 Å². The highest BCUT2D eigenvalue weighted by Crippen LogP contribution is 2.27. The van der Waals surface area contributed by atoms with Gasteiger partial charge in [0, 0.05) is 19.7 Å². The van der Waals surface area contributed by atoms with E-state index in [0.29, 0.717) is 0 Å². The van der Waals surface area contributed by atoms with Gasteiger partial charge < -0.3 is 4.74 Å². The Bertz CT molecular complexity index is 402. The third-order valence-electron chi connectivity index (χ3n) is 2.58. The predicted molar refractivity (Wildman–Crippen MR) is 68.0 cm³/mol. The number of hydrogen-bond acceptors (Lipinski definition) is 3. The van der Waals surface area contributed by atoms with Gasteiger partial charge in [0.1, 0.15) is 5.75 Å². The van der Waals surface area contributed by atoms with Crippen molar-refractivity contribution in [3.05, 3.63) is 29.3 Å². The van der Waals surface area contributed by atoms with Crippen LogP contribution in [0.5, 0.6) is 5.75 Å². The van der Waals surface area contributed by atoms with Gasteiger partial charge in [-0.25, -0.2) is 5.01 Å². The fraction of sp³-hybridized carbons (Fsp3) is 0.462. The Hall–Kier alpha value is -1.55. The second kappa shape index (κ2) is 5.68. The normalized spacial score (nSPS) is 12.4. The van der Waals surface area contributed by atoms with Crippen LogP contribution in [0.4, 0.5) is 0 Å². The lowest BCUT2D eigenvalue weighted by Crippen LogP contribution is -2.38. The summed E-state index contributed by atoms with van der Waals surface area (Å²) >= 11 is 0. The van der Waals surface area contributed by atoms with Crippen molar-refractivity contribution in [1.82, 2.24) is 10.4 Å². The van der Waals surface area contributed by atoms with Crippen LogP contribution in [0.15, 0.2) is 18.2 Å². The van der Waals surface area contributed by atoms with Crippen LogP contribution in [0.1, 0.15) is 24.0 Å². The Morgan fingerprint density at radius 3 is 2.59 bits per heavy atom. The molecule has 0 aliphatic carbocycles. The van der Waals surface area contributed by atoms with Gasteiger partial charge in [0.05, 0.1) is 13.0 Å². The van der Waals surface area contributed by atoms with Crippen LogP contribution in [0.25, 0.3) is 0 Å². The molecular weight excluding hydrogens is 216 g/mol. The maximum Gasteiger partial charge on any atom is 0.241 e. The molecule has 0 aromatic heterocycles. The number of amides is 1. The summed E-state index contributed by atoms with van der Waals surface area (Å²) in [5, 5.41) is 1.64. The highest BCUT2D eigenvalue weighted by atomic mass is 16.5. The van der Waals surface area contributed by atoms with Gasteiger partial charge in [-0.3, -0.25) is 10.2 Å². The zero-order chi connectivity index (χ0) is 13.0. The van der Waals surface area contributed by atoms with Crippen molar-refractivity contribution in [3.63, 3.8) is 0 Å². The molecule has 0 aliphatic heterocycles. The first-order valence-corrected chi connectivity index (χ1v) is 5.58. The Morgan fingerprint density at radius 1 is 1.41 bits per heavy atom. The highest BCUT2D eigenvalue weighted by molar-refractivity contribution is 5.83. The number of aryl methyl sites for hydroxylation is 1. The van der Waals surface area contributed by atoms with Crippen molar-refractivity contribution < 1.29 is 9.53 Å². The van der Waals surface area contributed by atoms with Crippen molar-refractivity contribution in [1.29, 1.82) is 0 Å². The number of hydrazine groups is 1. The SMILES string of the molecule is COc1ccc(C)cc1C(C)C(=O)NN(C)C. The first-order valence-electron chi connectivity index (χ1n) is 5.58. The van der Waals surface area contributed by atoms with Crippen LogP contribution < -0.4 is 10.2 Å². The maximum atomic E-state index is 11.9. The highest BCUT2D eigenvalue weighted by Gasteiger charge is 2.19. The average Bonchev–Trinajstić information content (AvgIpc) is 2.27. The molecule has 1 aromatic carbocycles. The molecular formula is C13H20N2O2. The fourth-order valence-corrected chi connectivity index (χ4v) is 1.65. The molecule has 4 heteroatoms. The second-order valence-corrected chi connectivity index (χ2v) is 4.34. The predicted octanol–water partition coefficient (Wildman–Crippen LogP) is 1.70. The molecule has 94 valence electrons. The van der Waals surface area contributed by atoms with E-state index in [1.807, 2.05) is 32.0 Å². The molecule has 1 unspecified atom stereocenters. The van der Waals surface area contributed by atoms with Crippen LogP contribution in [0.3, 0.4) is 0 Å². The van der Waals surface area contributed by atoms with Gasteiger partial charge in [-0.2, -0.15) is 0 Å². The molecule has 0 radical (unpaired) electrons. The molecule has 0 fully saturated rings. The number of rotatable bonds is 4. The summed E-state index contributed by atoms with van der Waals surface area (Å²) in [5.74, 6) is 0.461. The summed E-state index contributed by atoms with van der Waals surface area (Å²) in [4.78, 5) is 11.9. The summed E-state index contributed by atoms with van der Waals surface area (Å²) in [6.45, 7) is 3.87. The molecule has 1 amide bonds. The standard InChI is InChI=1S/C13H20N2O2/c1-9-6-7-12(17-5)11(8-9)10(2)13(16)14-15(3)4/h6-8,10H,1-5H3,(H,14,16). The van der Waals surface area contributed by atoms with Crippen molar-refractivity contribution in [2.24, 2.45) is 0 Å². The van der Waals surface area contributed by atoms with Crippen molar-refractivity contribution in [3.8, 4) is 5.75 Å². The average molecular weight is 236 g/mol. The molecule has 1 atom stereocenters. The largest absolute Gasteiger partial charge is 0.496 e. The molecule has 4 nitrogen and oxygen atoms in total. The Kier molecular flexibility index (Phi) is 4.52. The molecule has 0 aliphatic rings. The monoisotopic (exact) mass is 236 g/mol. The number of hydrogen-bond donors (Lipinski definition) is 1. The molecule has 0 saturated carbocycles. The van der Waals surface area contributed by atoms with Gasteiger partial charge in [0.25, 0.3) is 0 Å². The minimum Gasteiger partial charge on any atom is -0.496 e. The smallest absolute Gasteiger partial charge is 0.241 e. The van der Waals surface area contributed by atoms with Gasteiger partial charge in [-0.15, -0.1) is 0 Å². The van der Waals surface area contributed by atoms with Crippen LogP contribution in [-0.4, -0.2) is 32.1 Å². The summed E-state index contributed by atoms with van der Waals surface area (Å²) in [6.07, 6.45) is 0. The second-order valence-electron chi connectivity index (χ2n) is 4.34.